The number of fused-ring (bicyclic) bond motifs is 1. The molecule has 0 bridgehead atoms. The summed E-state index contributed by atoms with van der Waals surface area (Å²) in [5.74, 6) is 1.28. The van der Waals surface area contributed by atoms with E-state index in [1.807, 2.05) is 30.3 Å². The average molecular weight is 253 g/mol. The minimum atomic E-state index is 0.535. The van der Waals surface area contributed by atoms with Crippen molar-refractivity contribution >= 4 is 16.8 Å². The fourth-order valence-electron chi connectivity index (χ4n) is 2.23. The number of para-hydroxylation sites is 1. The van der Waals surface area contributed by atoms with Crippen molar-refractivity contribution in [3.05, 3.63) is 42.2 Å². The summed E-state index contributed by atoms with van der Waals surface area (Å²) >= 11 is 0. The molecule has 2 aromatic heterocycles. The second-order valence-corrected chi connectivity index (χ2v) is 4.48. The van der Waals surface area contributed by atoms with Crippen molar-refractivity contribution in [2.45, 2.75) is 19.8 Å². The third kappa shape index (κ3) is 2.05. The summed E-state index contributed by atoms with van der Waals surface area (Å²) in [5.41, 5.74) is 8.56. The van der Waals surface area contributed by atoms with Gasteiger partial charge < -0.3 is 10.2 Å². The van der Waals surface area contributed by atoms with Gasteiger partial charge in [-0.25, -0.2) is 9.97 Å². The van der Waals surface area contributed by atoms with Crippen molar-refractivity contribution in [2.24, 2.45) is 0 Å². The Labute approximate surface area is 111 Å². The van der Waals surface area contributed by atoms with Gasteiger partial charge in [0, 0.05) is 10.9 Å². The highest BCUT2D eigenvalue weighted by Crippen LogP contribution is 2.30. The molecule has 0 fully saturated rings. The van der Waals surface area contributed by atoms with Gasteiger partial charge in [-0.2, -0.15) is 0 Å². The van der Waals surface area contributed by atoms with E-state index in [-0.39, 0.29) is 0 Å². The van der Waals surface area contributed by atoms with E-state index in [2.05, 4.69) is 16.9 Å². The Morgan fingerprint density at radius 1 is 1.21 bits per heavy atom. The third-order valence-electron chi connectivity index (χ3n) is 3.14. The number of benzene rings is 1. The number of furan rings is 1. The largest absolute Gasteiger partial charge is 0.454 e. The van der Waals surface area contributed by atoms with E-state index in [1.165, 1.54) is 6.33 Å². The van der Waals surface area contributed by atoms with Crippen molar-refractivity contribution < 1.29 is 4.42 Å². The summed E-state index contributed by atoms with van der Waals surface area (Å²) < 4.78 is 5.85. The summed E-state index contributed by atoms with van der Waals surface area (Å²) in [5, 5.41) is 1.07. The van der Waals surface area contributed by atoms with Crippen LogP contribution in [0.25, 0.3) is 22.4 Å². The molecule has 0 saturated carbocycles. The van der Waals surface area contributed by atoms with Gasteiger partial charge in [0.25, 0.3) is 0 Å². The minimum Gasteiger partial charge on any atom is -0.454 e. The van der Waals surface area contributed by atoms with Crippen LogP contribution in [0, 0.1) is 0 Å². The second-order valence-electron chi connectivity index (χ2n) is 4.48. The first-order valence-corrected chi connectivity index (χ1v) is 6.38. The van der Waals surface area contributed by atoms with Crippen LogP contribution in [0.4, 0.5) is 5.82 Å². The number of nitrogen functional groups attached to an aromatic ring is 1. The number of anilines is 1. The van der Waals surface area contributed by atoms with E-state index in [0.29, 0.717) is 5.82 Å². The van der Waals surface area contributed by atoms with Crippen LogP contribution in [0.15, 0.2) is 41.1 Å². The van der Waals surface area contributed by atoms with Crippen LogP contribution in [-0.2, 0) is 6.42 Å². The molecule has 0 unspecified atom stereocenters. The molecule has 19 heavy (non-hydrogen) atoms. The first-order valence-electron chi connectivity index (χ1n) is 6.38. The van der Waals surface area contributed by atoms with E-state index >= 15 is 0 Å². The number of nitrogens with two attached hydrogens (primary N) is 1. The maximum absolute atomic E-state index is 5.95. The average Bonchev–Trinajstić information content (AvgIpc) is 2.85. The summed E-state index contributed by atoms with van der Waals surface area (Å²) in [7, 11) is 0. The van der Waals surface area contributed by atoms with E-state index in [0.717, 1.165) is 40.8 Å². The molecule has 2 heterocycles. The van der Waals surface area contributed by atoms with Crippen LogP contribution in [0.5, 0.6) is 0 Å². The molecule has 0 atom stereocenters. The van der Waals surface area contributed by atoms with Crippen LogP contribution in [0.2, 0.25) is 0 Å². The lowest BCUT2D eigenvalue weighted by atomic mass is 10.1. The zero-order chi connectivity index (χ0) is 13.2. The van der Waals surface area contributed by atoms with Crippen molar-refractivity contribution in [3.8, 4) is 11.5 Å². The number of hydrogen-bond acceptors (Lipinski definition) is 4. The smallest absolute Gasteiger partial charge is 0.154 e. The number of aromatic nitrogens is 2. The van der Waals surface area contributed by atoms with Gasteiger partial charge in [0.15, 0.2) is 5.76 Å². The molecule has 0 saturated heterocycles. The summed E-state index contributed by atoms with van der Waals surface area (Å²) in [6, 6.07) is 9.91. The van der Waals surface area contributed by atoms with Gasteiger partial charge >= 0.3 is 0 Å². The van der Waals surface area contributed by atoms with Crippen molar-refractivity contribution in [2.75, 3.05) is 5.73 Å². The molecule has 96 valence electrons. The number of rotatable bonds is 3. The molecule has 2 N–H and O–H groups in total. The molecule has 0 radical (unpaired) electrons. The molecule has 0 aliphatic rings. The fraction of sp³-hybridized carbons (Fsp3) is 0.200. The molecule has 0 aliphatic carbocycles. The van der Waals surface area contributed by atoms with Crippen LogP contribution in [0.3, 0.4) is 0 Å². The second kappa shape index (κ2) is 4.72. The van der Waals surface area contributed by atoms with Crippen LogP contribution >= 0.6 is 0 Å². The van der Waals surface area contributed by atoms with Gasteiger partial charge in [-0.3, -0.25) is 0 Å². The lowest BCUT2D eigenvalue weighted by molar-refractivity contribution is 0.627. The van der Waals surface area contributed by atoms with Gasteiger partial charge in [0.1, 0.15) is 23.4 Å². The predicted molar refractivity (Wildman–Crippen MR) is 75.6 cm³/mol. The lowest BCUT2D eigenvalue weighted by Gasteiger charge is -2.07. The molecule has 0 spiro atoms. The molecule has 3 rings (SSSR count). The van der Waals surface area contributed by atoms with E-state index < -0.39 is 0 Å². The quantitative estimate of drug-likeness (QED) is 0.776. The molecular weight excluding hydrogens is 238 g/mol. The Morgan fingerprint density at radius 2 is 2.05 bits per heavy atom. The van der Waals surface area contributed by atoms with Gasteiger partial charge in [0.2, 0.25) is 0 Å². The molecule has 0 aliphatic heterocycles. The molecule has 4 heteroatoms. The zero-order valence-corrected chi connectivity index (χ0v) is 10.8. The molecule has 4 nitrogen and oxygen atoms in total. The van der Waals surface area contributed by atoms with Gasteiger partial charge in [-0.05, 0) is 18.6 Å². The summed E-state index contributed by atoms with van der Waals surface area (Å²) in [6.07, 6.45) is 3.32. The number of nitrogens with zero attached hydrogens (tertiary/aromatic N) is 2. The first-order chi connectivity index (χ1) is 9.29. The third-order valence-corrected chi connectivity index (χ3v) is 3.14. The standard InChI is InChI=1S/C15H15N3O/c1-2-5-11-14(17-9-18-15(11)16)13-8-10-6-3-4-7-12(10)19-13/h3-4,6-9H,2,5H2,1H3,(H2,16,17,18). The Morgan fingerprint density at radius 3 is 2.84 bits per heavy atom. The highest BCUT2D eigenvalue weighted by Gasteiger charge is 2.14. The van der Waals surface area contributed by atoms with Crippen molar-refractivity contribution in [1.82, 2.24) is 9.97 Å². The van der Waals surface area contributed by atoms with Crippen molar-refractivity contribution in [3.63, 3.8) is 0 Å². The minimum absolute atomic E-state index is 0.535. The molecule has 3 aromatic rings. The topological polar surface area (TPSA) is 64.9 Å². The Hall–Kier alpha value is -2.36. The van der Waals surface area contributed by atoms with Crippen LogP contribution in [0.1, 0.15) is 18.9 Å². The summed E-state index contributed by atoms with van der Waals surface area (Å²) in [6.45, 7) is 2.11. The fourth-order valence-corrected chi connectivity index (χ4v) is 2.23. The van der Waals surface area contributed by atoms with E-state index in [4.69, 9.17) is 10.2 Å². The zero-order valence-electron chi connectivity index (χ0n) is 10.8. The summed E-state index contributed by atoms with van der Waals surface area (Å²) in [4.78, 5) is 8.40. The van der Waals surface area contributed by atoms with Crippen molar-refractivity contribution in [1.29, 1.82) is 0 Å². The molecule has 1 aromatic carbocycles. The molecular formula is C15H15N3O. The Bertz CT molecular complexity index is 685. The Balaban J connectivity index is 2.18. The maximum atomic E-state index is 5.95. The first kappa shape index (κ1) is 11.7. The normalized spacial score (nSPS) is 11.0. The molecule has 0 amide bonds. The maximum Gasteiger partial charge on any atom is 0.154 e. The van der Waals surface area contributed by atoms with Crippen LogP contribution < -0.4 is 5.73 Å². The SMILES string of the molecule is CCCc1c(N)ncnc1-c1cc2ccccc2o1. The van der Waals surface area contributed by atoms with Crippen LogP contribution in [-0.4, -0.2) is 9.97 Å². The highest BCUT2D eigenvalue weighted by molar-refractivity contribution is 5.83. The highest BCUT2D eigenvalue weighted by atomic mass is 16.3. The Kier molecular flexibility index (Phi) is 2.91. The predicted octanol–water partition coefficient (Wildman–Crippen LogP) is 3.42. The van der Waals surface area contributed by atoms with E-state index in [1.54, 1.807) is 0 Å². The lowest BCUT2D eigenvalue weighted by Crippen LogP contribution is -2.01. The van der Waals surface area contributed by atoms with E-state index in [9.17, 15) is 0 Å². The monoisotopic (exact) mass is 253 g/mol. The number of hydrogen-bond donors (Lipinski definition) is 1. The van der Waals surface area contributed by atoms with Gasteiger partial charge in [-0.15, -0.1) is 0 Å². The van der Waals surface area contributed by atoms with Gasteiger partial charge in [0.05, 0.1) is 0 Å². The van der Waals surface area contributed by atoms with Gasteiger partial charge in [-0.1, -0.05) is 31.5 Å².